The molecule has 1 aromatic rings. The van der Waals surface area contributed by atoms with Crippen LogP contribution < -0.4 is 10.6 Å². The van der Waals surface area contributed by atoms with Crippen LogP contribution in [0.15, 0.2) is 15.9 Å². The number of nitrogens with one attached hydrogen (secondary N) is 2. The van der Waals surface area contributed by atoms with E-state index >= 15 is 0 Å². The van der Waals surface area contributed by atoms with Crippen molar-refractivity contribution < 1.29 is 14.7 Å². The van der Waals surface area contributed by atoms with Crippen LogP contribution in [0.1, 0.15) is 18.2 Å². The molecule has 94 valence electrons. The van der Waals surface area contributed by atoms with Gasteiger partial charge in [-0.15, -0.1) is 11.3 Å². The Bertz CT molecular complexity index is 408. The van der Waals surface area contributed by atoms with Crippen molar-refractivity contribution in [2.75, 3.05) is 0 Å². The van der Waals surface area contributed by atoms with Crippen LogP contribution in [0.2, 0.25) is 0 Å². The Labute approximate surface area is 111 Å². The molecule has 0 fully saturated rings. The van der Waals surface area contributed by atoms with Gasteiger partial charge in [0, 0.05) is 4.88 Å². The minimum atomic E-state index is -1.03. The van der Waals surface area contributed by atoms with Gasteiger partial charge in [0.05, 0.1) is 10.3 Å². The van der Waals surface area contributed by atoms with Crippen LogP contribution in [0, 0.1) is 0 Å². The molecule has 0 aliphatic heterocycles. The maximum absolute atomic E-state index is 11.4. The molecule has 5 nitrogen and oxygen atoms in total. The number of carbonyl (C=O) groups is 2. The zero-order chi connectivity index (χ0) is 12.8. The molecule has 2 amide bonds. The summed E-state index contributed by atoms with van der Waals surface area (Å²) in [5.74, 6) is -1.03. The average Bonchev–Trinajstić information content (AvgIpc) is 2.68. The fourth-order valence-corrected chi connectivity index (χ4v) is 2.58. The SMILES string of the molecule is CC[C@@H](NC(=O)NCc1ccc(Br)s1)C(=O)O. The van der Waals surface area contributed by atoms with Crippen molar-refractivity contribution in [3.05, 3.63) is 20.8 Å². The molecule has 1 atom stereocenters. The van der Waals surface area contributed by atoms with Crippen molar-refractivity contribution in [1.29, 1.82) is 0 Å². The fraction of sp³-hybridized carbons (Fsp3) is 0.400. The van der Waals surface area contributed by atoms with E-state index in [4.69, 9.17) is 5.11 Å². The Hall–Kier alpha value is -1.08. The number of halogens is 1. The van der Waals surface area contributed by atoms with Gasteiger partial charge in [0.15, 0.2) is 0 Å². The predicted octanol–water partition coefficient (Wildman–Crippen LogP) is 2.17. The van der Waals surface area contributed by atoms with Gasteiger partial charge < -0.3 is 15.7 Å². The van der Waals surface area contributed by atoms with E-state index in [1.54, 1.807) is 6.92 Å². The number of carboxylic acids is 1. The zero-order valence-corrected chi connectivity index (χ0v) is 11.6. The molecule has 0 saturated carbocycles. The van der Waals surface area contributed by atoms with Crippen molar-refractivity contribution in [2.45, 2.75) is 25.9 Å². The smallest absolute Gasteiger partial charge is 0.326 e. The van der Waals surface area contributed by atoms with Gasteiger partial charge in [-0.25, -0.2) is 9.59 Å². The molecule has 0 unspecified atom stereocenters. The number of hydrogen-bond donors (Lipinski definition) is 3. The first kappa shape index (κ1) is 14.0. The van der Waals surface area contributed by atoms with Crippen LogP contribution in [-0.4, -0.2) is 23.1 Å². The monoisotopic (exact) mass is 320 g/mol. The molecule has 0 spiro atoms. The minimum absolute atomic E-state index is 0.354. The topological polar surface area (TPSA) is 78.4 Å². The third kappa shape index (κ3) is 4.74. The molecular weight excluding hydrogens is 308 g/mol. The van der Waals surface area contributed by atoms with Gasteiger partial charge in [-0.3, -0.25) is 0 Å². The molecule has 3 N–H and O–H groups in total. The average molecular weight is 321 g/mol. The van der Waals surface area contributed by atoms with Crippen molar-refractivity contribution in [1.82, 2.24) is 10.6 Å². The summed E-state index contributed by atoms with van der Waals surface area (Å²) in [6, 6.07) is 2.48. The summed E-state index contributed by atoms with van der Waals surface area (Å²) in [7, 11) is 0. The number of hydrogen-bond acceptors (Lipinski definition) is 3. The van der Waals surface area contributed by atoms with E-state index in [1.165, 1.54) is 11.3 Å². The molecule has 0 aliphatic rings. The minimum Gasteiger partial charge on any atom is -0.480 e. The van der Waals surface area contributed by atoms with Crippen molar-refractivity contribution in [3.8, 4) is 0 Å². The Kier molecular flexibility index (Phi) is 5.43. The summed E-state index contributed by atoms with van der Waals surface area (Å²) >= 11 is 4.84. The lowest BCUT2D eigenvalue weighted by atomic mass is 10.2. The van der Waals surface area contributed by atoms with E-state index < -0.39 is 18.0 Å². The molecule has 7 heteroatoms. The third-order valence-corrected chi connectivity index (χ3v) is 3.69. The molecule has 17 heavy (non-hydrogen) atoms. The Morgan fingerprint density at radius 2 is 2.24 bits per heavy atom. The number of urea groups is 1. The van der Waals surface area contributed by atoms with E-state index in [0.717, 1.165) is 8.66 Å². The number of amides is 2. The molecule has 0 saturated heterocycles. The van der Waals surface area contributed by atoms with Gasteiger partial charge in [-0.05, 0) is 34.5 Å². The summed E-state index contributed by atoms with van der Waals surface area (Å²) in [6.07, 6.45) is 0.354. The van der Waals surface area contributed by atoms with E-state index in [0.29, 0.717) is 13.0 Å². The van der Waals surface area contributed by atoms with Crippen LogP contribution in [0.3, 0.4) is 0 Å². The second kappa shape index (κ2) is 6.61. The first-order chi connectivity index (χ1) is 8.02. The molecule has 0 bridgehead atoms. The molecular formula is C10H13BrN2O3S. The predicted molar refractivity (Wildman–Crippen MR) is 69.1 cm³/mol. The third-order valence-electron chi connectivity index (χ3n) is 2.06. The number of rotatable bonds is 5. The highest BCUT2D eigenvalue weighted by molar-refractivity contribution is 9.11. The summed E-state index contributed by atoms with van der Waals surface area (Å²) in [5.41, 5.74) is 0. The molecule has 1 aromatic heterocycles. The van der Waals surface area contributed by atoms with E-state index in [2.05, 4.69) is 26.6 Å². The van der Waals surface area contributed by atoms with E-state index in [-0.39, 0.29) is 0 Å². The molecule has 0 radical (unpaired) electrons. The lowest BCUT2D eigenvalue weighted by molar-refractivity contribution is -0.139. The number of thiophene rings is 1. The largest absolute Gasteiger partial charge is 0.480 e. The van der Waals surface area contributed by atoms with Crippen LogP contribution in [0.25, 0.3) is 0 Å². The first-order valence-corrected chi connectivity index (χ1v) is 6.65. The van der Waals surface area contributed by atoms with Crippen molar-refractivity contribution >= 4 is 39.3 Å². The van der Waals surface area contributed by atoms with Crippen molar-refractivity contribution in [2.24, 2.45) is 0 Å². The summed E-state index contributed by atoms with van der Waals surface area (Å²) in [4.78, 5) is 23.1. The lowest BCUT2D eigenvalue weighted by Gasteiger charge is -2.12. The van der Waals surface area contributed by atoms with Gasteiger partial charge in [-0.1, -0.05) is 6.92 Å². The number of carbonyl (C=O) groups excluding carboxylic acids is 1. The van der Waals surface area contributed by atoms with Gasteiger partial charge in [0.25, 0.3) is 0 Å². The van der Waals surface area contributed by atoms with Crippen LogP contribution in [-0.2, 0) is 11.3 Å². The van der Waals surface area contributed by atoms with Crippen LogP contribution >= 0.6 is 27.3 Å². The Morgan fingerprint density at radius 3 is 2.71 bits per heavy atom. The number of aliphatic carboxylic acids is 1. The summed E-state index contributed by atoms with van der Waals surface area (Å²) in [6.45, 7) is 2.09. The van der Waals surface area contributed by atoms with Gasteiger partial charge in [0.1, 0.15) is 6.04 Å². The quantitative estimate of drug-likeness (QED) is 0.778. The van der Waals surface area contributed by atoms with Crippen LogP contribution in [0.4, 0.5) is 4.79 Å². The van der Waals surface area contributed by atoms with Gasteiger partial charge >= 0.3 is 12.0 Å². The Morgan fingerprint density at radius 1 is 1.53 bits per heavy atom. The van der Waals surface area contributed by atoms with E-state index in [9.17, 15) is 9.59 Å². The normalized spacial score (nSPS) is 11.9. The Balaban J connectivity index is 2.37. The van der Waals surface area contributed by atoms with Gasteiger partial charge in [-0.2, -0.15) is 0 Å². The second-order valence-electron chi connectivity index (χ2n) is 3.33. The summed E-state index contributed by atoms with van der Waals surface area (Å²) < 4.78 is 0.992. The lowest BCUT2D eigenvalue weighted by Crippen LogP contribution is -2.45. The maximum Gasteiger partial charge on any atom is 0.326 e. The maximum atomic E-state index is 11.4. The standard InChI is InChI=1S/C10H13BrN2O3S/c1-2-7(9(14)15)13-10(16)12-5-6-3-4-8(11)17-6/h3-4,7H,2,5H2,1H3,(H,14,15)(H2,12,13,16)/t7-/m1/s1. The molecule has 1 rings (SSSR count). The molecule has 0 aliphatic carbocycles. The molecule has 0 aromatic carbocycles. The fourth-order valence-electron chi connectivity index (χ4n) is 1.16. The second-order valence-corrected chi connectivity index (χ2v) is 5.88. The van der Waals surface area contributed by atoms with E-state index in [1.807, 2.05) is 12.1 Å². The first-order valence-electron chi connectivity index (χ1n) is 5.04. The highest BCUT2D eigenvalue weighted by Gasteiger charge is 2.17. The highest BCUT2D eigenvalue weighted by Crippen LogP contribution is 2.21. The van der Waals surface area contributed by atoms with Crippen molar-refractivity contribution in [3.63, 3.8) is 0 Å². The number of carboxylic acid groups (broad SMARTS) is 1. The zero-order valence-electron chi connectivity index (χ0n) is 9.20. The van der Waals surface area contributed by atoms with Gasteiger partial charge in [0.2, 0.25) is 0 Å². The highest BCUT2D eigenvalue weighted by atomic mass is 79.9. The van der Waals surface area contributed by atoms with Crippen LogP contribution in [0.5, 0.6) is 0 Å². The molecule has 1 heterocycles. The summed E-state index contributed by atoms with van der Waals surface area (Å²) in [5, 5.41) is 13.8.